The Hall–Kier alpha value is -0.900. The van der Waals surface area contributed by atoms with Crippen LogP contribution in [0, 0.1) is 0 Å². The number of hydrogen-bond donors (Lipinski definition) is 1. The minimum atomic E-state index is -0.291. The molecule has 1 amide bonds. The van der Waals surface area contributed by atoms with Crippen LogP contribution in [-0.4, -0.2) is 30.4 Å². The van der Waals surface area contributed by atoms with Gasteiger partial charge in [0.15, 0.2) is 0 Å². The molecule has 1 heterocycles. The molecule has 1 N–H and O–H groups in total. The largest absolute Gasteiger partial charge is 0.365 e. The molecule has 1 saturated heterocycles. The van der Waals surface area contributed by atoms with Crippen molar-refractivity contribution < 1.29 is 14.3 Å². The predicted molar refractivity (Wildman–Crippen MR) is 59.0 cm³/mol. The normalized spacial score (nSPS) is 28.6. The number of Topliss-reactive ketones (excluding diaryl/α,β-unsaturated/α-hetero) is 1. The van der Waals surface area contributed by atoms with Crippen LogP contribution < -0.4 is 5.32 Å². The Kier molecular flexibility index (Phi) is 3.93. The van der Waals surface area contributed by atoms with Crippen molar-refractivity contribution in [1.29, 1.82) is 0 Å². The zero-order valence-electron chi connectivity index (χ0n) is 9.54. The summed E-state index contributed by atoms with van der Waals surface area (Å²) in [5.74, 6) is 0.347. The van der Waals surface area contributed by atoms with E-state index in [1.165, 1.54) is 0 Å². The van der Waals surface area contributed by atoms with Crippen molar-refractivity contribution in [2.45, 2.75) is 57.2 Å². The maximum atomic E-state index is 11.6. The van der Waals surface area contributed by atoms with Gasteiger partial charge in [0.25, 0.3) is 0 Å². The third kappa shape index (κ3) is 3.04. The lowest BCUT2D eigenvalue weighted by molar-refractivity contribution is -0.139. The van der Waals surface area contributed by atoms with Gasteiger partial charge in [-0.3, -0.25) is 9.59 Å². The van der Waals surface area contributed by atoms with Crippen LogP contribution in [0.2, 0.25) is 0 Å². The molecule has 1 saturated carbocycles. The molecule has 1 unspecified atom stereocenters. The van der Waals surface area contributed by atoms with Gasteiger partial charge in [0.2, 0.25) is 5.91 Å². The number of carbonyl (C=O) groups excluding carboxylic acids is 2. The Morgan fingerprint density at radius 2 is 1.81 bits per heavy atom. The second-order valence-electron chi connectivity index (χ2n) is 4.65. The molecule has 2 fully saturated rings. The lowest BCUT2D eigenvalue weighted by Gasteiger charge is -2.25. The van der Waals surface area contributed by atoms with Crippen molar-refractivity contribution in [3.05, 3.63) is 0 Å². The van der Waals surface area contributed by atoms with Crippen molar-refractivity contribution in [2.75, 3.05) is 6.54 Å². The molecule has 0 aromatic carbocycles. The topological polar surface area (TPSA) is 55.4 Å². The molecule has 1 aliphatic heterocycles. The highest BCUT2D eigenvalue weighted by Crippen LogP contribution is 2.21. The summed E-state index contributed by atoms with van der Waals surface area (Å²) in [6.07, 6.45) is 5.48. The minimum absolute atomic E-state index is 0.0226. The van der Waals surface area contributed by atoms with Gasteiger partial charge in [-0.05, 0) is 32.1 Å². The van der Waals surface area contributed by atoms with Gasteiger partial charge < -0.3 is 10.1 Å². The molecule has 0 aromatic heterocycles. The summed E-state index contributed by atoms with van der Waals surface area (Å²) < 4.78 is 5.81. The van der Waals surface area contributed by atoms with Crippen LogP contribution in [0.1, 0.15) is 44.9 Å². The first-order chi connectivity index (χ1) is 7.75. The molecule has 2 rings (SSSR count). The fourth-order valence-corrected chi connectivity index (χ4v) is 2.32. The number of hydrogen-bond acceptors (Lipinski definition) is 3. The first-order valence-corrected chi connectivity index (χ1v) is 6.20. The third-order valence-corrected chi connectivity index (χ3v) is 3.33. The fourth-order valence-electron chi connectivity index (χ4n) is 2.32. The summed E-state index contributed by atoms with van der Waals surface area (Å²) in [4.78, 5) is 22.7. The van der Waals surface area contributed by atoms with Gasteiger partial charge in [-0.2, -0.15) is 0 Å². The van der Waals surface area contributed by atoms with Crippen molar-refractivity contribution in [3.8, 4) is 0 Å². The number of ether oxygens (including phenoxy) is 1. The zero-order valence-corrected chi connectivity index (χ0v) is 9.54. The monoisotopic (exact) mass is 225 g/mol. The molecule has 2 aliphatic rings. The van der Waals surface area contributed by atoms with Crippen molar-refractivity contribution >= 4 is 11.7 Å². The van der Waals surface area contributed by atoms with Crippen LogP contribution in [0.4, 0.5) is 0 Å². The summed E-state index contributed by atoms with van der Waals surface area (Å²) in [7, 11) is 0. The molecule has 0 radical (unpaired) electrons. The summed E-state index contributed by atoms with van der Waals surface area (Å²) in [5.41, 5.74) is 0. The summed E-state index contributed by atoms with van der Waals surface area (Å²) in [6.45, 7) is 0.766. The fraction of sp³-hybridized carbons (Fsp3) is 0.833. The number of amides is 1. The average molecular weight is 225 g/mol. The van der Waals surface area contributed by atoms with E-state index in [9.17, 15) is 9.59 Å². The molecule has 4 nitrogen and oxygen atoms in total. The lowest BCUT2D eigenvalue weighted by atomic mass is 9.96. The Morgan fingerprint density at radius 3 is 2.56 bits per heavy atom. The predicted octanol–water partition coefficient (Wildman–Crippen LogP) is 1.18. The number of carbonyl (C=O) groups is 2. The van der Waals surface area contributed by atoms with E-state index in [0.717, 1.165) is 38.6 Å². The number of ketones is 1. The first kappa shape index (κ1) is 11.6. The molecule has 1 aliphatic carbocycles. The van der Waals surface area contributed by atoms with Gasteiger partial charge in [0.1, 0.15) is 11.9 Å². The van der Waals surface area contributed by atoms with Crippen LogP contribution in [0.25, 0.3) is 0 Å². The molecular weight excluding hydrogens is 206 g/mol. The van der Waals surface area contributed by atoms with Gasteiger partial charge in [0, 0.05) is 19.4 Å². The third-order valence-electron chi connectivity index (χ3n) is 3.33. The molecule has 1 atom stereocenters. The maximum absolute atomic E-state index is 11.6. The van der Waals surface area contributed by atoms with Crippen molar-refractivity contribution in [3.63, 3.8) is 0 Å². The molecule has 16 heavy (non-hydrogen) atoms. The molecule has 90 valence electrons. The van der Waals surface area contributed by atoms with Crippen LogP contribution in [0.5, 0.6) is 0 Å². The van der Waals surface area contributed by atoms with E-state index in [-0.39, 0.29) is 18.1 Å². The molecular formula is C12H19NO3. The minimum Gasteiger partial charge on any atom is -0.365 e. The van der Waals surface area contributed by atoms with E-state index >= 15 is 0 Å². The summed E-state index contributed by atoms with van der Waals surface area (Å²) in [5, 5.41) is 2.86. The maximum Gasteiger partial charge on any atom is 0.249 e. The highest BCUT2D eigenvalue weighted by Gasteiger charge is 2.27. The standard InChI is InChI=1S/C12H19NO3/c14-9-4-6-10(7-5-9)16-11-3-1-2-8-13-12(11)15/h10-11H,1-8H2,(H,13,15). The second kappa shape index (κ2) is 5.43. The lowest BCUT2D eigenvalue weighted by Crippen LogP contribution is -2.38. The van der Waals surface area contributed by atoms with Crippen molar-refractivity contribution in [2.24, 2.45) is 0 Å². The van der Waals surface area contributed by atoms with Crippen molar-refractivity contribution in [1.82, 2.24) is 5.32 Å². The first-order valence-electron chi connectivity index (χ1n) is 6.20. The molecule has 0 bridgehead atoms. The van der Waals surface area contributed by atoms with E-state index in [1.54, 1.807) is 0 Å². The van der Waals surface area contributed by atoms with E-state index in [2.05, 4.69) is 5.32 Å². The van der Waals surface area contributed by atoms with Crippen LogP contribution in [0.3, 0.4) is 0 Å². The van der Waals surface area contributed by atoms with E-state index in [1.807, 2.05) is 0 Å². The smallest absolute Gasteiger partial charge is 0.249 e. The highest BCUT2D eigenvalue weighted by atomic mass is 16.5. The quantitative estimate of drug-likeness (QED) is 0.768. The van der Waals surface area contributed by atoms with Crippen LogP contribution in [0.15, 0.2) is 0 Å². The molecule has 4 heteroatoms. The SMILES string of the molecule is O=C1CCC(OC2CCCCNC2=O)CC1. The van der Waals surface area contributed by atoms with Crippen LogP contribution in [-0.2, 0) is 14.3 Å². The highest BCUT2D eigenvalue weighted by molar-refractivity contribution is 5.81. The molecule has 0 spiro atoms. The Morgan fingerprint density at radius 1 is 1.06 bits per heavy atom. The Balaban J connectivity index is 1.83. The molecule has 0 aromatic rings. The summed E-state index contributed by atoms with van der Waals surface area (Å²) >= 11 is 0. The average Bonchev–Trinajstić information content (AvgIpc) is 2.48. The van der Waals surface area contributed by atoms with Gasteiger partial charge in [-0.15, -0.1) is 0 Å². The van der Waals surface area contributed by atoms with Gasteiger partial charge in [-0.25, -0.2) is 0 Å². The Bertz CT molecular complexity index is 267. The Labute approximate surface area is 95.7 Å². The van der Waals surface area contributed by atoms with E-state index in [4.69, 9.17) is 4.74 Å². The van der Waals surface area contributed by atoms with Gasteiger partial charge in [0.05, 0.1) is 6.10 Å². The van der Waals surface area contributed by atoms with E-state index in [0.29, 0.717) is 18.6 Å². The van der Waals surface area contributed by atoms with E-state index < -0.39 is 0 Å². The second-order valence-corrected chi connectivity index (χ2v) is 4.65. The van der Waals surface area contributed by atoms with Gasteiger partial charge in [-0.1, -0.05) is 0 Å². The zero-order chi connectivity index (χ0) is 11.4. The summed E-state index contributed by atoms with van der Waals surface area (Å²) in [6, 6.07) is 0. The number of nitrogens with one attached hydrogen (secondary N) is 1. The number of rotatable bonds is 2. The van der Waals surface area contributed by atoms with Crippen LogP contribution >= 0.6 is 0 Å². The van der Waals surface area contributed by atoms with Gasteiger partial charge >= 0.3 is 0 Å².